The standard InChI is InChI=1S/C16H24N2O2/c1-2-3-9-20-10-8-17-16(19)15-11-13-6-4-5-7-14(13)12-18-15/h4-7,15,18H,2-3,8-12H2,1H3,(H,17,19). The number of rotatable bonds is 7. The van der Waals surface area contributed by atoms with Crippen LogP contribution in [0.1, 0.15) is 30.9 Å². The van der Waals surface area contributed by atoms with Crippen LogP contribution in [0.15, 0.2) is 24.3 Å². The van der Waals surface area contributed by atoms with Gasteiger partial charge in [-0.2, -0.15) is 0 Å². The topological polar surface area (TPSA) is 50.4 Å². The summed E-state index contributed by atoms with van der Waals surface area (Å²) < 4.78 is 5.43. The average Bonchev–Trinajstić information content (AvgIpc) is 2.50. The summed E-state index contributed by atoms with van der Waals surface area (Å²) in [5.41, 5.74) is 2.56. The molecular formula is C16H24N2O2. The Morgan fingerprint density at radius 1 is 1.35 bits per heavy atom. The maximum Gasteiger partial charge on any atom is 0.237 e. The molecule has 1 atom stereocenters. The molecule has 0 radical (unpaired) electrons. The summed E-state index contributed by atoms with van der Waals surface area (Å²) in [4.78, 5) is 12.1. The van der Waals surface area contributed by atoms with Gasteiger partial charge in [0.2, 0.25) is 5.91 Å². The van der Waals surface area contributed by atoms with Crippen LogP contribution in [0.4, 0.5) is 0 Å². The SMILES string of the molecule is CCCCOCCNC(=O)C1Cc2ccccc2CN1. The van der Waals surface area contributed by atoms with Crippen LogP contribution >= 0.6 is 0 Å². The third kappa shape index (κ3) is 4.32. The van der Waals surface area contributed by atoms with Crippen molar-refractivity contribution >= 4 is 5.91 Å². The molecule has 0 bridgehead atoms. The zero-order valence-electron chi connectivity index (χ0n) is 12.2. The van der Waals surface area contributed by atoms with E-state index in [4.69, 9.17) is 4.74 Å². The Bertz CT molecular complexity index is 434. The Balaban J connectivity index is 1.69. The van der Waals surface area contributed by atoms with E-state index in [2.05, 4.69) is 29.7 Å². The molecule has 1 amide bonds. The Morgan fingerprint density at radius 2 is 2.15 bits per heavy atom. The molecule has 1 unspecified atom stereocenters. The second-order valence-corrected chi connectivity index (χ2v) is 5.16. The number of carbonyl (C=O) groups excluding carboxylic acids is 1. The van der Waals surface area contributed by atoms with Crippen molar-refractivity contribution in [1.82, 2.24) is 10.6 Å². The van der Waals surface area contributed by atoms with E-state index in [1.54, 1.807) is 0 Å². The Hall–Kier alpha value is -1.39. The summed E-state index contributed by atoms with van der Waals surface area (Å²) in [6, 6.07) is 8.15. The molecule has 1 aromatic rings. The van der Waals surface area contributed by atoms with Gasteiger partial charge in [-0.1, -0.05) is 37.6 Å². The maximum absolute atomic E-state index is 12.1. The molecule has 4 nitrogen and oxygen atoms in total. The highest BCUT2D eigenvalue weighted by Crippen LogP contribution is 2.16. The van der Waals surface area contributed by atoms with Gasteiger partial charge in [-0.15, -0.1) is 0 Å². The molecule has 0 saturated carbocycles. The first-order chi connectivity index (χ1) is 9.81. The van der Waals surface area contributed by atoms with Crippen LogP contribution in [0.3, 0.4) is 0 Å². The third-order valence-corrected chi connectivity index (χ3v) is 3.59. The van der Waals surface area contributed by atoms with E-state index in [0.29, 0.717) is 13.2 Å². The lowest BCUT2D eigenvalue weighted by molar-refractivity contribution is -0.123. The fourth-order valence-corrected chi connectivity index (χ4v) is 2.36. The van der Waals surface area contributed by atoms with Gasteiger partial charge in [0.05, 0.1) is 12.6 Å². The van der Waals surface area contributed by atoms with Gasteiger partial charge in [-0.25, -0.2) is 0 Å². The minimum Gasteiger partial charge on any atom is -0.380 e. The summed E-state index contributed by atoms with van der Waals surface area (Å²) in [5, 5.41) is 6.22. The van der Waals surface area contributed by atoms with Gasteiger partial charge < -0.3 is 15.4 Å². The average molecular weight is 276 g/mol. The first kappa shape index (κ1) is 15.0. The monoisotopic (exact) mass is 276 g/mol. The number of hydrogen-bond acceptors (Lipinski definition) is 3. The fourth-order valence-electron chi connectivity index (χ4n) is 2.36. The highest BCUT2D eigenvalue weighted by atomic mass is 16.5. The molecule has 110 valence electrons. The van der Waals surface area contributed by atoms with Crippen molar-refractivity contribution in [2.75, 3.05) is 19.8 Å². The summed E-state index contributed by atoms with van der Waals surface area (Å²) in [6.07, 6.45) is 2.98. The van der Waals surface area contributed by atoms with Gasteiger partial charge in [0.1, 0.15) is 0 Å². The molecule has 1 aromatic carbocycles. The van der Waals surface area contributed by atoms with Gasteiger partial charge in [-0.05, 0) is 24.0 Å². The molecule has 2 rings (SSSR count). The van der Waals surface area contributed by atoms with E-state index < -0.39 is 0 Å². The fraction of sp³-hybridized carbons (Fsp3) is 0.562. The van der Waals surface area contributed by atoms with Gasteiger partial charge in [-0.3, -0.25) is 4.79 Å². The first-order valence-electron chi connectivity index (χ1n) is 7.47. The van der Waals surface area contributed by atoms with E-state index in [1.165, 1.54) is 11.1 Å². The second-order valence-electron chi connectivity index (χ2n) is 5.16. The summed E-state index contributed by atoms with van der Waals surface area (Å²) in [7, 11) is 0. The number of nitrogens with one attached hydrogen (secondary N) is 2. The van der Waals surface area contributed by atoms with Crippen molar-refractivity contribution in [2.24, 2.45) is 0 Å². The van der Waals surface area contributed by atoms with Gasteiger partial charge in [0.15, 0.2) is 0 Å². The summed E-state index contributed by atoms with van der Waals surface area (Å²) in [5.74, 6) is 0.0681. The number of hydrogen-bond donors (Lipinski definition) is 2. The molecule has 0 fully saturated rings. The van der Waals surface area contributed by atoms with Crippen molar-refractivity contribution in [3.63, 3.8) is 0 Å². The lowest BCUT2D eigenvalue weighted by atomic mass is 9.95. The Labute approximate surface area is 120 Å². The molecule has 0 spiro atoms. The van der Waals surface area contributed by atoms with Gasteiger partial charge >= 0.3 is 0 Å². The number of ether oxygens (including phenoxy) is 1. The van der Waals surface area contributed by atoms with Crippen LogP contribution < -0.4 is 10.6 Å². The van der Waals surface area contributed by atoms with E-state index >= 15 is 0 Å². The number of carbonyl (C=O) groups is 1. The number of fused-ring (bicyclic) bond motifs is 1. The molecule has 20 heavy (non-hydrogen) atoms. The Morgan fingerprint density at radius 3 is 2.95 bits per heavy atom. The molecule has 2 N–H and O–H groups in total. The smallest absolute Gasteiger partial charge is 0.237 e. The van der Waals surface area contributed by atoms with Crippen LogP contribution in [0, 0.1) is 0 Å². The second kappa shape index (κ2) is 8.02. The van der Waals surface area contributed by atoms with Crippen molar-refractivity contribution in [1.29, 1.82) is 0 Å². The highest BCUT2D eigenvalue weighted by Gasteiger charge is 2.23. The maximum atomic E-state index is 12.1. The van der Waals surface area contributed by atoms with Crippen LogP contribution in [-0.2, 0) is 22.5 Å². The minimum atomic E-state index is -0.124. The number of amides is 1. The van der Waals surface area contributed by atoms with Gasteiger partial charge in [0, 0.05) is 19.7 Å². The van der Waals surface area contributed by atoms with Gasteiger partial charge in [0.25, 0.3) is 0 Å². The molecule has 4 heteroatoms. The van der Waals surface area contributed by atoms with Crippen molar-refractivity contribution < 1.29 is 9.53 Å². The van der Waals surface area contributed by atoms with Crippen LogP contribution in [-0.4, -0.2) is 31.7 Å². The predicted octanol–water partition coefficient (Wildman–Crippen LogP) is 1.63. The molecule has 1 heterocycles. The number of benzene rings is 1. The molecular weight excluding hydrogens is 252 g/mol. The van der Waals surface area contributed by atoms with Crippen LogP contribution in [0.5, 0.6) is 0 Å². The summed E-state index contributed by atoms with van der Waals surface area (Å²) in [6.45, 7) is 4.86. The molecule has 0 aliphatic carbocycles. The summed E-state index contributed by atoms with van der Waals surface area (Å²) >= 11 is 0. The van der Waals surface area contributed by atoms with E-state index in [0.717, 1.165) is 32.4 Å². The largest absolute Gasteiger partial charge is 0.380 e. The van der Waals surface area contributed by atoms with Crippen molar-refractivity contribution in [2.45, 2.75) is 38.8 Å². The van der Waals surface area contributed by atoms with Crippen molar-refractivity contribution in [3.8, 4) is 0 Å². The molecule has 1 aliphatic heterocycles. The van der Waals surface area contributed by atoms with E-state index in [9.17, 15) is 4.79 Å². The number of unbranched alkanes of at least 4 members (excludes halogenated alkanes) is 1. The quantitative estimate of drug-likeness (QED) is 0.744. The van der Waals surface area contributed by atoms with E-state index in [1.807, 2.05) is 12.1 Å². The predicted molar refractivity (Wildman–Crippen MR) is 79.5 cm³/mol. The Kier molecular flexibility index (Phi) is 6.02. The highest BCUT2D eigenvalue weighted by molar-refractivity contribution is 5.82. The normalized spacial score (nSPS) is 17.6. The van der Waals surface area contributed by atoms with Crippen molar-refractivity contribution in [3.05, 3.63) is 35.4 Å². The zero-order valence-corrected chi connectivity index (χ0v) is 12.2. The molecule has 0 saturated heterocycles. The molecule has 0 aromatic heterocycles. The van der Waals surface area contributed by atoms with Crippen LogP contribution in [0.25, 0.3) is 0 Å². The lowest BCUT2D eigenvalue weighted by Gasteiger charge is -2.25. The van der Waals surface area contributed by atoms with E-state index in [-0.39, 0.29) is 11.9 Å². The first-order valence-corrected chi connectivity index (χ1v) is 7.47. The lowest BCUT2D eigenvalue weighted by Crippen LogP contribution is -2.48. The molecule has 1 aliphatic rings. The van der Waals surface area contributed by atoms with Crippen LogP contribution in [0.2, 0.25) is 0 Å². The zero-order chi connectivity index (χ0) is 14.2. The third-order valence-electron chi connectivity index (χ3n) is 3.59. The minimum absolute atomic E-state index is 0.0681.